The predicted octanol–water partition coefficient (Wildman–Crippen LogP) is 1.96. The standard InChI is InChI=1S/C21H22N4O3/c1-13(23-2)20(26)24-17(12-22)10-14-4-6-15(7-5-14)16-8-9-19-18(11-16)25(3)21(27)28-19/h4-9,11,13,17,23H,10H2,1-3H3,(H,24,26)/t13-,17+/m1/s1. The topological polar surface area (TPSA) is 100 Å². The Bertz CT molecular complexity index is 1090. The Kier molecular flexibility index (Phi) is 5.62. The minimum atomic E-state index is -0.592. The summed E-state index contributed by atoms with van der Waals surface area (Å²) in [5, 5.41) is 14.9. The molecular weight excluding hydrogens is 356 g/mol. The van der Waals surface area contributed by atoms with Gasteiger partial charge in [-0.15, -0.1) is 0 Å². The van der Waals surface area contributed by atoms with Crippen LogP contribution in [0, 0.1) is 11.3 Å². The minimum absolute atomic E-state index is 0.204. The molecule has 144 valence electrons. The molecule has 0 saturated heterocycles. The zero-order chi connectivity index (χ0) is 20.3. The van der Waals surface area contributed by atoms with Gasteiger partial charge in [-0.2, -0.15) is 5.26 Å². The van der Waals surface area contributed by atoms with Gasteiger partial charge in [-0.25, -0.2) is 4.79 Å². The first-order valence-electron chi connectivity index (χ1n) is 8.99. The molecule has 0 radical (unpaired) electrons. The van der Waals surface area contributed by atoms with Crippen molar-refractivity contribution in [2.24, 2.45) is 7.05 Å². The predicted molar refractivity (Wildman–Crippen MR) is 107 cm³/mol. The fraction of sp³-hybridized carbons (Fsp3) is 0.286. The van der Waals surface area contributed by atoms with Crippen molar-refractivity contribution in [2.45, 2.75) is 25.4 Å². The first kappa shape index (κ1) is 19.4. The Hall–Kier alpha value is -3.37. The number of oxazole rings is 1. The van der Waals surface area contributed by atoms with Crippen LogP contribution in [0.15, 0.2) is 51.7 Å². The molecular formula is C21H22N4O3. The maximum atomic E-state index is 12.0. The molecule has 0 aliphatic carbocycles. The van der Waals surface area contributed by atoms with Gasteiger partial charge in [0.15, 0.2) is 5.58 Å². The van der Waals surface area contributed by atoms with Crippen molar-refractivity contribution in [2.75, 3.05) is 7.05 Å². The second kappa shape index (κ2) is 8.11. The van der Waals surface area contributed by atoms with Crippen LogP contribution in [0.4, 0.5) is 0 Å². The van der Waals surface area contributed by atoms with Crippen molar-refractivity contribution in [3.8, 4) is 17.2 Å². The molecule has 7 heteroatoms. The number of likely N-dealkylation sites (N-methyl/N-ethyl adjacent to an activating group) is 1. The van der Waals surface area contributed by atoms with Crippen LogP contribution < -0.4 is 16.4 Å². The van der Waals surface area contributed by atoms with Gasteiger partial charge in [-0.05, 0) is 42.8 Å². The van der Waals surface area contributed by atoms with E-state index < -0.39 is 6.04 Å². The summed E-state index contributed by atoms with van der Waals surface area (Å²) in [6.07, 6.45) is 0.425. The molecule has 0 saturated carbocycles. The fourth-order valence-electron chi connectivity index (χ4n) is 2.93. The lowest BCUT2D eigenvalue weighted by molar-refractivity contribution is -0.123. The molecule has 28 heavy (non-hydrogen) atoms. The molecule has 1 aromatic heterocycles. The van der Waals surface area contributed by atoms with Crippen LogP contribution in [0.5, 0.6) is 0 Å². The highest BCUT2D eigenvalue weighted by atomic mass is 16.4. The summed E-state index contributed by atoms with van der Waals surface area (Å²) in [5.41, 5.74) is 4.18. The monoisotopic (exact) mass is 378 g/mol. The minimum Gasteiger partial charge on any atom is -0.408 e. The number of amides is 1. The third-order valence-corrected chi connectivity index (χ3v) is 4.82. The largest absolute Gasteiger partial charge is 0.419 e. The SMILES string of the molecule is CN[C@H](C)C(=O)N[C@H](C#N)Cc1ccc(-c2ccc3oc(=O)n(C)c3c2)cc1. The molecule has 0 aliphatic heterocycles. The number of carbonyl (C=O) groups is 1. The second-order valence-electron chi connectivity index (χ2n) is 6.71. The van der Waals surface area contributed by atoms with Crippen molar-refractivity contribution in [3.05, 3.63) is 58.6 Å². The van der Waals surface area contributed by atoms with E-state index >= 15 is 0 Å². The van der Waals surface area contributed by atoms with Crippen LogP contribution in [0.25, 0.3) is 22.2 Å². The van der Waals surface area contributed by atoms with E-state index in [4.69, 9.17) is 4.42 Å². The number of hydrogen-bond donors (Lipinski definition) is 2. The summed E-state index contributed by atoms with van der Waals surface area (Å²) in [4.78, 5) is 23.6. The number of aryl methyl sites for hydroxylation is 1. The van der Waals surface area contributed by atoms with Crippen molar-refractivity contribution in [1.29, 1.82) is 5.26 Å². The van der Waals surface area contributed by atoms with Gasteiger partial charge in [-0.3, -0.25) is 9.36 Å². The lowest BCUT2D eigenvalue weighted by Crippen LogP contribution is -2.45. The van der Waals surface area contributed by atoms with Gasteiger partial charge in [0.2, 0.25) is 5.91 Å². The lowest BCUT2D eigenvalue weighted by Gasteiger charge is -2.15. The number of benzene rings is 2. The Morgan fingerprint density at radius 2 is 1.89 bits per heavy atom. The van der Waals surface area contributed by atoms with E-state index in [2.05, 4.69) is 16.7 Å². The molecule has 0 aliphatic rings. The van der Waals surface area contributed by atoms with Crippen molar-refractivity contribution in [1.82, 2.24) is 15.2 Å². The molecule has 3 aromatic rings. The van der Waals surface area contributed by atoms with E-state index in [0.29, 0.717) is 12.0 Å². The molecule has 0 unspecified atom stereocenters. The fourth-order valence-corrected chi connectivity index (χ4v) is 2.93. The van der Waals surface area contributed by atoms with Gasteiger partial charge in [0.05, 0.1) is 17.6 Å². The molecule has 2 N–H and O–H groups in total. The zero-order valence-electron chi connectivity index (χ0n) is 16.0. The maximum absolute atomic E-state index is 12.0. The summed E-state index contributed by atoms with van der Waals surface area (Å²) in [6, 6.07) is 14.6. The van der Waals surface area contributed by atoms with Gasteiger partial charge in [0.25, 0.3) is 0 Å². The molecule has 0 bridgehead atoms. The number of carbonyl (C=O) groups excluding carboxylic acids is 1. The van der Waals surface area contributed by atoms with Crippen molar-refractivity contribution < 1.29 is 9.21 Å². The van der Waals surface area contributed by atoms with Crippen molar-refractivity contribution >= 4 is 17.0 Å². The molecule has 0 spiro atoms. The highest BCUT2D eigenvalue weighted by molar-refractivity contribution is 5.82. The van der Waals surface area contributed by atoms with E-state index in [1.54, 1.807) is 27.1 Å². The Morgan fingerprint density at radius 3 is 2.54 bits per heavy atom. The van der Waals surface area contributed by atoms with Crippen LogP contribution in [-0.2, 0) is 18.3 Å². The van der Waals surface area contributed by atoms with Gasteiger partial charge in [-0.1, -0.05) is 30.3 Å². The van der Waals surface area contributed by atoms with E-state index in [1.807, 2.05) is 36.4 Å². The molecule has 7 nitrogen and oxygen atoms in total. The Morgan fingerprint density at radius 1 is 1.21 bits per heavy atom. The number of hydrogen-bond acceptors (Lipinski definition) is 5. The van der Waals surface area contributed by atoms with E-state index in [1.165, 1.54) is 4.57 Å². The second-order valence-corrected chi connectivity index (χ2v) is 6.71. The maximum Gasteiger partial charge on any atom is 0.419 e. The van der Waals surface area contributed by atoms with Gasteiger partial charge < -0.3 is 15.1 Å². The number of nitrogens with one attached hydrogen (secondary N) is 2. The van der Waals surface area contributed by atoms with Gasteiger partial charge in [0, 0.05) is 13.5 Å². The number of rotatable bonds is 6. The average Bonchev–Trinajstić information content (AvgIpc) is 3.00. The molecule has 0 fully saturated rings. The number of nitriles is 1. The normalized spacial score (nSPS) is 13.1. The highest BCUT2D eigenvalue weighted by Crippen LogP contribution is 2.24. The zero-order valence-corrected chi connectivity index (χ0v) is 16.0. The molecule has 1 amide bonds. The molecule has 1 heterocycles. The molecule has 3 rings (SSSR count). The molecule has 2 atom stereocenters. The Labute approximate surface area is 162 Å². The van der Waals surface area contributed by atoms with Crippen molar-refractivity contribution in [3.63, 3.8) is 0 Å². The summed E-state index contributed by atoms with van der Waals surface area (Å²) in [6.45, 7) is 1.74. The summed E-state index contributed by atoms with van der Waals surface area (Å²) in [7, 11) is 3.37. The first-order valence-corrected chi connectivity index (χ1v) is 8.99. The quantitative estimate of drug-likeness (QED) is 0.683. The first-order chi connectivity index (χ1) is 13.4. The smallest absolute Gasteiger partial charge is 0.408 e. The van der Waals surface area contributed by atoms with Crippen LogP contribution in [0.2, 0.25) is 0 Å². The highest BCUT2D eigenvalue weighted by Gasteiger charge is 2.16. The van der Waals surface area contributed by atoms with Crippen LogP contribution in [-0.4, -0.2) is 29.6 Å². The summed E-state index contributed by atoms with van der Waals surface area (Å²) in [5.74, 6) is -0.593. The number of aromatic nitrogens is 1. The van der Waals surface area contributed by atoms with E-state index in [-0.39, 0.29) is 17.7 Å². The van der Waals surface area contributed by atoms with Crippen LogP contribution in [0.3, 0.4) is 0 Å². The van der Waals surface area contributed by atoms with E-state index in [9.17, 15) is 14.9 Å². The van der Waals surface area contributed by atoms with Gasteiger partial charge >= 0.3 is 5.76 Å². The third kappa shape index (κ3) is 3.97. The van der Waals surface area contributed by atoms with Crippen LogP contribution in [0.1, 0.15) is 12.5 Å². The number of fused-ring (bicyclic) bond motifs is 1. The summed E-state index contributed by atoms with van der Waals surface area (Å²) < 4.78 is 6.63. The third-order valence-electron chi connectivity index (χ3n) is 4.82. The molecule has 2 aromatic carbocycles. The van der Waals surface area contributed by atoms with Gasteiger partial charge in [0.1, 0.15) is 6.04 Å². The van der Waals surface area contributed by atoms with E-state index in [0.717, 1.165) is 22.2 Å². The summed E-state index contributed by atoms with van der Waals surface area (Å²) >= 11 is 0. The van der Waals surface area contributed by atoms with Crippen LogP contribution >= 0.6 is 0 Å². The Balaban J connectivity index is 1.76. The average molecular weight is 378 g/mol. The lowest BCUT2D eigenvalue weighted by atomic mass is 10.0. The number of nitrogens with zero attached hydrogens (tertiary/aromatic N) is 2.